The van der Waals surface area contributed by atoms with Gasteiger partial charge in [-0.2, -0.15) is 21.6 Å². The summed E-state index contributed by atoms with van der Waals surface area (Å²) < 4.78 is 76.7. The molecular formula is C16H12F3NO5S. The lowest BCUT2D eigenvalue weighted by atomic mass is 10.1. The van der Waals surface area contributed by atoms with Crippen molar-refractivity contribution in [2.75, 3.05) is 14.2 Å². The van der Waals surface area contributed by atoms with Crippen molar-refractivity contribution in [1.29, 1.82) is 0 Å². The van der Waals surface area contributed by atoms with E-state index in [-0.39, 0.29) is 33.3 Å². The molecule has 0 spiro atoms. The zero-order valence-corrected chi connectivity index (χ0v) is 14.3. The lowest BCUT2D eigenvalue weighted by Crippen LogP contribution is -2.28. The van der Waals surface area contributed by atoms with Crippen LogP contribution >= 0.6 is 0 Å². The molecule has 3 aromatic rings. The molecule has 2 aromatic carbocycles. The minimum absolute atomic E-state index is 0.0432. The first-order valence-corrected chi connectivity index (χ1v) is 8.54. The maximum absolute atomic E-state index is 12.9. The lowest BCUT2D eigenvalue weighted by molar-refractivity contribution is -0.0499. The first kappa shape index (κ1) is 18.1. The Hall–Kier alpha value is -2.75. The molecule has 0 aliphatic heterocycles. The maximum atomic E-state index is 12.9. The number of ether oxygens (including phenoxy) is 2. The lowest BCUT2D eigenvalue weighted by Gasteiger charge is -2.16. The molecular weight excluding hydrogens is 375 g/mol. The number of alkyl halides is 3. The zero-order valence-electron chi connectivity index (χ0n) is 13.5. The molecule has 3 rings (SSSR count). The number of methoxy groups -OCH3 is 2. The van der Waals surface area contributed by atoms with Gasteiger partial charge < -0.3 is 13.7 Å². The molecule has 0 atom stereocenters. The third kappa shape index (κ3) is 2.85. The van der Waals surface area contributed by atoms with Gasteiger partial charge >= 0.3 is 15.6 Å². The quantitative estimate of drug-likeness (QED) is 0.387. The van der Waals surface area contributed by atoms with Crippen LogP contribution in [0.4, 0.5) is 13.2 Å². The van der Waals surface area contributed by atoms with E-state index in [0.29, 0.717) is 0 Å². The van der Waals surface area contributed by atoms with Gasteiger partial charge in [-0.05, 0) is 24.3 Å². The van der Waals surface area contributed by atoms with Gasteiger partial charge in [-0.3, -0.25) is 0 Å². The molecule has 1 aromatic heterocycles. The summed E-state index contributed by atoms with van der Waals surface area (Å²) in [6.07, 6.45) is 0. The van der Waals surface area contributed by atoms with Gasteiger partial charge in [-0.1, -0.05) is 12.1 Å². The van der Waals surface area contributed by atoms with Crippen LogP contribution in [-0.4, -0.2) is 33.1 Å². The summed E-state index contributed by atoms with van der Waals surface area (Å²) in [4.78, 5) is 4.35. The molecule has 0 radical (unpaired) electrons. The Morgan fingerprint density at radius 2 is 1.58 bits per heavy atom. The highest BCUT2D eigenvalue weighted by atomic mass is 32.2. The summed E-state index contributed by atoms with van der Waals surface area (Å²) in [5, 5.41) is 0.0396. The molecule has 0 bridgehead atoms. The predicted octanol–water partition coefficient (Wildman–Crippen LogP) is 3.63. The Morgan fingerprint density at radius 3 is 2.19 bits per heavy atom. The third-order valence-corrected chi connectivity index (χ3v) is 4.58. The van der Waals surface area contributed by atoms with Gasteiger partial charge in [0.2, 0.25) is 0 Å². The normalized spacial score (nSPS) is 12.3. The van der Waals surface area contributed by atoms with Crippen molar-refractivity contribution in [3.63, 3.8) is 0 Å². The number of benzene rings is 2. The minimum Gasteiger partial charge on any atom is -0.496 e. The largest absolute Gasteiger partial charge is 0.534 e. The van der Waals surface area contributed by atoms with E-state index >= 15 is 0 Å². The Kier molecular flexibility index (Phi) is 4.31. The highest BCUT2D eigenvalue weighted by Gasteiger charge is 2.49. The Morgan fingerprint density at radius 1 is 0.962 bits per heavy atom. The Balaban J connectivity index is 2.47. The fourth-order valence-corrected chi connectivity index (χ4v) is 2.97. The summed E-state index contributed by atoms with van der Waals surface area (Å²) in [7, 11) is -3.26. The molecule has 0 N–H and O–H groups in total. The van der Waals surface area contributed by atoms with Crippen LogP contribution in [0, 0.1) is 0 Å². The van der Waals surface area contributed by atoms with Crippen LogP contribution in [0.15, 0.2) is 36.4 Å². The number of pyridine rings is 1. The maximum Gasteiger partial charge on any atom is 0.534 e. The van der Waals surface area contributed by atoms with E-state index in [4.69, 9.17) is 9.47 Å². The predicted molar refractivity (Wildman–Crippen MR) is 88.0 cm³/mol. The fraction of sp³-hybridized carbons (Fsp3) is 0.188. The topological polar surface area (TPSA) is 74.7 Å². The fourth-order valence-electron chi connectivity index (χ4n) is 2.48. The highest BCUT2D eigenvalue weighted by molar-refractivity contribution is 7.88. The van der Waals surface area contributed by atoms with Crippen molar-refractivity contribution >= 4 is 31.9 Å². The average molecular weight is 387 g/mol. The minimum atomic E-state index is -5.90. The van der Waals surface area contributed by atoms with Crippen molar-refractivity contribution in [2.45, 2.75) is 5.51 Å². The summed E-state index contributed by atoms with van der Waals surface area (Å²) in [6.45, 7) is 0. The monoisotopic (exact) mass is 387 g/mol. The Bertz CT molecular complexity index is 1100. The van der Waals surface area contributed by atoms with Crippen LogP contribution in [-0.2, 0) is 10.1 Å². The van der Waals surface area contributed by atoms with Gasteiger partial charge in [-0.15, -0.1) is 0 Å². The van der Waals surface area contributed by atoms with Crippen LogP contribution in [0.3, 0.4) is 0 Å². The van der Waals surface area contributed by atoms with Crippen LogP contribution in [0.5, 0.6) is 17.2 Å². The second-order valence-electron chi connectivity index (χ2n) is 5.13. The SMILES string of the molecule is COc1ccc(OC)c2c(OS(=O)(=O)C(F)(F)F)c3ccccc3nc12. The molecule has 0 saturated carbocycles. The van der Waals surface area contributed by atoms with Crippen LogP contribution in [0.2, 0.25) is 0 Å². The smallest absolute Gasteiger partial charge is 0.496 e. The first-order valence-electron chi connectivity index (χ1n) is 7.14. The van der Waals surface area contributed by atoms with Gasteiger partial charge in [0.15, 0.2) is 5.75 Å². The van der Waals surface area contributed by atoms with E-state index in [0.717, 1.165) is 0 Å². The van der Waals surface area contributed by atoms with Gasteiger partial charge in [0.05, 0.1) is 25.1 Å². The van der Waals surface area contributed by atoms with Crippen molar-refractivity contribution in [1.82, 2.24) is 4.98 Å². The molecule has 1 heterocycles. The number of hydrogen-bond donors (Lipinski definition) is 0. The zero-order chi connectivity index (χ0) is 19.1. The van der Waals surface area contributed by atoms with Gasteiger partial charge in [0.25, 0.3) is 0 Å². The molecule has 0 amide bonds. The molecule has 0 aliphatic carbocycles. The summed E-state index contributed by atoms with van der Waals surface area (Å²) in [6, 6.07) is 8.98. The van der Waals surface area contributed by atoms with Crippen LogP contribution in [0.1, 0.15) is 0 Å². The van der Waals surface area contributed by atoms with Crippen LogP contribution in [0.25, 0.3) is 21.8 Å². The molecule has 138 valence electrons. The second-order valence-corrected chi connectivity index (χ2v) is 6.67. The molecule has 26 heavy (non-hydrogen) atoms. The molecule has 0 unspecified atom stereocenters. The standard InChI is InChI=1S/C16H12F3NO5S/c1-23-11-7-8-12(24-2)14-13(11)15(25-26(21,22)16(17,18)19)9-5-3-4-6-10(9)20-14/h3-8H,1-2H3. The van der Waals surface area contributed by atoms with Crippen molar-refractivity contribution in [3.05, 3.63) is 36.4 Å². The van der Waals surface area contributed by atoms with Crippen molar-refractivity contribution in [2.24, 2.45) is 0 Å². The van der Waals surface area contributed by atoms with Gasteiger partial charge in [-0.25, -0.2) is 4.98 Å². The number of halogens is 3. The van der Waals surface area contributed by atoms with Crippen LogP contribution < -0.4 is 13.7 Å². The summed E-state index contributed by atoms with van der Waals surface area (Å²) in [5.41, 5.74) is -5.24. The first-order chi connectivity index (χ1) is 12.2. The molecule has 6 nitrogen and oxygen atoms in total. The second kappa shape index (κ2) is 6.20. The molecule has 0 aliphatic rings. The highest BCUT2D eigenvalue weighted by Crippen LogP contribution is 2.43. The van der Waals surface area contributed by atoms with E-state index < -0.39 is 21.4 Å². The van der Waals surface area contributed by atoms with E-state index in [1.807, 2.05) is 0 Å². The van der Waals surface area contributed by atoms with Crippen molar-refractivity contribution < 1.29 is 35.2 Å². The van der Waals surface area contributed by atoms with Gasteiger partial charge in [0.1, 0.15) is 17.0 Å². The Labute approximate surface area is 146 Å². The third-order valence-electron chi connectivity index (χ3n) is 3.63. The number of fused-ring (bicyclic) bond motifs is 2. The summed E-state index contributed by atoms with van der Waals surface area (Å²) >= 11 is 0. The number of hydrogen-bond acceptors (Lipinski definition) is 6. The number of para-hydroxylation sites is 1. The number of nitrogens with zero attached hydrogens (tertiary/aromatic N) is 1. The summed E-state index contributed by atoms with van der Waals surface area (Å²) in [5.74, 6) is -0.217. The average Bonchev–Trinajstić information content (AvgIpc) is 2.59. The van der Waals surface area contributed by atoms with E-state index in [1.165, 1.54) is 44.6 Å². The van der Waals surface area contributed by atoms with E-state index in [9.17, 15) is 21.6 Å². The number of aromatic nitrogens is 1. The number of rotatable bonds is 4. The molecule has 0 saturated heterocycles. The molecule has 0 fully saturated rings. The molecule has 10 heteroatoms. The van der Waals surface area contributed by atoms with E-state index in [2.05, 4.69) is 9.17 Å². The van der Waals surface area contributed by atoms with Crippen molar-refractivity contribution in [3.8, 4) is 17.2 Å². The van der Waals surface area contributed by atoms with Gasteiger partial charge in [0, 0.05) is 5.39 Å². The van der Waals surface area contributed by atoms with E-state index in [1.54, 1.807) is 6.07 Å².